The summed E-state index contributed by atoms with van der Waals surface area (Å²) in [6.45, 7) is 10.1. The van der Waals surface area contributed by atoms with E-state index in [2.05, 4.69) is 27.7 Å². The van der Waals surface area contributed by atoms with Crippen molar-refractivity contribution in [2.45, 2.75) is 46.7 Å². The molecule has 13 heavy (non-hydrogen) atoms. The molecule has 2 atom stereocenters. The summed E-state index contributed by atoms with van der Waals surface area (Å²) in [7, 11) is 1.86. The van der Waals surface area contributed by atoms with Crippen molar-refractivity contribution in [3.05, 3.63) is 0 Å². The van der Waals surface area contributed by atoms with Crippen LogP contribution < -0.4 is 0 Å². The molecule has 0 amide bonds. The molecule has 3 heteroatoms. The lowest BCUT2D eigenvalue weighted by Gasteiger charge is -2.37. The normalized spacial score (nSPS) is 17.2. The maximum absolute atomic E-state index is 10.7. The number of nitrogens with zero attached hydrogens (tertiary/aromatic N) is 1. The van der Waals surface area contributed by atoms with E-state index in [1.807, 2.05) is 11.9 Å². The van der Waals surface area contributed by atoms with Gasteiger partial charge in [0.05, 0.1) is 0 Å². The molecule has 1 N–H and O–H groups in total. The lowest BCUT2D eigenvalue weighted by atomic mass is 9.86. The fraction of sp³-hybridized carbons (Fsp3) is 0.900. The Balaban J connectivity index is 4.42. The van der Waals surface area contributed by atoms with Crippen LogP contribution in [0.25, 0.3) is 0 Å². The third kappa shape index (κ3) is 3.35. The summed E-state index contributed by atoms with van der Waals surface area (Å²) in [6, 6.07) is -0.173. The number of carbonyl (C=O) groups is 1. The molecule has 0 saturated carbocycles. The zero-order valence-corrected chi connectivity index (χ0v) is 9.46. The quantitative estimate of drug-likeness (QED) is 0.732. The van der Waals surface area contributed by atoms with Gasteiger partial charge in [-0.2, -0.15) is 0 Å². The van der Waals surface area contributed by atoms with Gasteiger partial charge in [-0.05, 0) is 26.3 Å². The highest BCUT2D eigenvalue weighted by atomic mass is 16.4. The van der Waals surface area contributed by atoms with Crippen LogP contribution in [0, 0.1) is 5.41 Å². The zero-order chi connectivity index (χ0) is 10.8. The van der Waals surface area contributed by atoms with E-state index in [1.54, 1.807) is 6.92 Å². The lowest BCUT2D eigenvalue weighted by molar-refractivity contribution is -0.143. The molecule has 0 spiro atoms. The van der Waals surface area contributed by atoms with Crippen molar-refractivity contribution in [2.24, 2.45) is 5.41 Å². The van der Waals surface area contributed by atoms with Crippen LogP contribution >= 0.6 is 0 Å². The first-order valence-electron chi connectivity index (χ1n) is 4.62. The minimum absolute atomic E-state index is 0.110. The van der Waals surface area contributed by atoms with E-state index in [1.165, 1.54) is 0 Å². The van der Waals surface area contributed by atoms with Crippen molar-refractivity contribution in [1.82, 2.24) is 4.90 Å². The first kappa shape index (κ1) is 12.4. The second-order valence-electron chi connectivity index (χ2n) is 4.72. The molecule has 0 aliphatic rings. The third-order valence-electron chi connectivity index (χ3n) is 2.83. The summed E-state index contributed by atoms with van der Waals surface area (Å²) in [5.74, 6) is -0.765. The van der Waals surface area contributed by atoms with Crippen LogP contribution in [-0.4, -0.2) is 35.1 Å². The van der Waals surface area contributed by atoms with Gasteiger partial charge in [0.15, 0.2) is 0 Å². The zero-order valence-electron chi connectivity index (χ0n) is 9.46. The molecule has 0 aliphatic carbocycles. The van der Waals surface area contributed by atoms with E-state index in [9.17, 15) is 4.79 Å². The van der Waals surface area contributed by atoms with Crippen LogP contribution in [0.2, 0.25) is 0 Å². The van der Waals surface area contributed by atoms with Crippen molar-refractivity contribution in [1.29, 1.82) is 0 Å². The number of carboxylic acid groups (broad SMARTS) is 1. The van der Waals surface area contributed by atoms with Crippen LogP contribution in [-0.2, 0) is 4.79 Å². The summed E-state index contributed by atoms with van der Waals surface area (Å²) in [4.78, 5) is 12.6. The van der Waals surface area contributed by atoms with Crippen molar-refractivity contribution >= 4 is 5.97 Å². The smallest absolute Gasteiger partial charge is 0.320 e. The third-order valence-corrected chi connectivity index (χ3v) is 2.83. The maximum Gasteiger partial charge on any atom is 0.320 e. The van der Waals surface area contributed by atoms with Crippen molar-refractivity contribution in [3.63, 3.8) is 0 Å². The molecule has 0 aliphatic heterocycles. The van der Waals surface area contributed by atoms with Gasteiger partial charge in [-0.3, -0.25) is 9.69 Å². The van der Waals surface area contributed by atoms with Crippen LogP contribution in [0.3, 0.4) is 0 Å². The summed E-state index contributed by atoms with van der Waals surface area (Å²) >= 11 is 0. The van der Waals surface area contributed by atoms with Gasteiger partial charge in [0.2, 0.25) is 0 Å². The Kier molecular flexibility index (Phi) is 3.91. The molecule has 3 nitrogen and oxygen atoms in total. The van der Waals surface area contributed by atoms with Gasteiger partial charge < -0.3 is 5.11 Å². The molecule has 0 rings (SSSR count). The second kappa shape index (κ2) is 4.09. The van der Waals surface area contributed by atoms with E-state index in [0.29, 0.717) is 0 Å². The Morgan fingerprint density at radius 3 is 1.92 bits per heavy atom. The molecule has 0 radical (unpaired) electrons. The SMILES string of the molecule is CC(C(=O)O)N(C)C(C)C(C)(C)C. The van der Waals surface area contributed by atoms with E-state index < -0.39 is 12.0 Å². The van der Waals surface area contributed by atoms with Crippen molar-refractivity contribution < 1.29 is 9.90 Å². The molecule has 0 aromatic rings. The fourth-order valence-electron chi connectivity index (χ4n) is 1.12. The average molecular weight is 187 g/mol. The molecule has 0 aromatic carbocycles. The van der Waals surface area contributed by atoms with E-state index in [0.717, 1.165) is 0 Å². The summed E-state index contributed by atoms with van der Waals surface area (Å²) in [6.07, 6.45) is 0. The van der Waals surface area contributed by atoms with Crippen molar-refractivity contribution in [3.8, 4) is 0 Å². The topological polar surface area (TPSA) is 40.5 Å². The van der Waals surface area contributed by atoms with Gasteiger partial charge in [0.1, 0.15) is 6.04 Å². The Morgan fingerprint density at radius 2 is 1.69 bits per heavy atom. The largest absolute Gasteiger partial charge is 0.480 e. The highest BCUT2D eigenvalue weighted by Gasteiger charge is 2.29. The van der Waals surface area contributed by atoms with Crippen LogP contribution in [0.5, 0.6) is 0 Å². The molecule has 2 unspecified atom stereocenters. The maximum atomic E-state index is 10.7. The standard InChI is InChI=1S/C10H21NO2/c1-7(9(12)13)11(6)8(2)10(3,4)5/h7-8H,1-6H3,(H,12,13). The van der Waals surface area contributed by atoms with Gasteiger partial charge >= 0.3 is 5.97 Å². The summed E-state index contributed by atoms with van der Waals surface area (Å²) in [5, 5.41) is 8.83. The lowest BCUT2D eigenvalue weighted by Crippen LogP contribution is -2.47. The van der Waals surface area contributed by atoms with Gasteiger partial charge in [-0.25, -0.2) is 0 Å². The molecule has 0 aromatic heterocycles. The van der Waals surface area contributed by atoms with Gasteiger partial charge in [-0.15, -0.1) is 0 Å². The van der Waals surface area contributed by atoms with Gasteiger partial charge in [0.25, 0.3) is 0 Å². The number of likely N-dealkylation sites (N-methyl/N-ethyl adjacent to an activating group) is 1. The fourth-order valence-corrected chi connectivity index (χ4v) is 1.12. The minimum atomic E-state index is -0.765. The number of hydrogen-bond acceptors (Lipinski definition) is 2. The molecule has 78 valence electrons. The van der Waals surface area contributed by atoms with E-state index in [4.69, 9.17) is 5.11 Å². The van der Waals surface area contributed by atoms with Gasteiger partial charge in [0, 0.05) is 6.04 Å². The van der Waals surface area contributed by atoms with Gasteiger partial charge in [-0.1, -0.05) is 20.8 Å². The number of rotatable bonds is 3. The molecule has 0 fully saturated rings. The molecular formula is C10H21NO2. The number of carboxylic acids is 1. The number of aliphatic carboxylic acids is 1. The van der Waals surface area contributed by atoms with Crippen LogP contribution in [0.4, 0.5) is 0 Å². The monoisotopic (exact) mass is 187 g/mol. The summed E-state index contributed by atoms with van der Waals surface area (Å²) < 4.78 is 0. The first-order chi connectivity index (χ1) is 5.68. The second-order valence-corrected chi connectivity index (χ2v) is 4.72. The predicted octanol–water partition coefficient (Wildman–Crippen LogP) is 1.83. The van der Waals surface area contributed by atoms with E-state index >= 15 is 0 Å². The minimum Gasteiger partial charge on any atom is -0.480 e. The summed E-state index contributed by atoms with van der Waals surface area (Å²) in [5.41, 5.74) is 0.110. The Labute approximate surface area is 80.7 Å². The predicted molar refractivity (Wildman–Crippen MR) is 53.8 cm³/mol. The molecule has 0 saturated heterocycles. The molecule has 0 heterocycles. The Hall–Kier alpha value is -0.570. The van der Waals surface area contributed by atoms with Crippen LogP contribution in [0.15, 0.2) is 0 Å². The highest BCUT2D eigenvalue weighted by Crippen LogP contribution is 2.24. The molecular weight excluding hydrogens is 166 g/mol. The van der Waals surface area contributed by atoms with Crippen molar-refractivity contribution in [2.75, 3.05) is 7.05 Å². The van der Waals surface area contributed by atoms with Crippen LogP contribution in [0.1, 0.15) is 34.6 Å². The number of hydrogen-bond donors (Lipinski definition) is 1. The Bertz CT molecular complexity index is 184. The Morgan fingerprint density at radius 1 is 1.31 bits per heavy atom. The average Bonchev–Trinajstić information content (AvgIpc) is 1.98. The highest BCUT2D eigenvalue weighted by molar-refractivity contribution is 5.72. The van der Waals surface area contributed by atoms with E-state index in [-0.39, 0.29) is 11.5 Å². The molecule has 0 bridgehead atoms. The first-order valence-corrected chi connectivity index (χ1v) is 4.62.